The molecule has 1 saturated heterocycles. The first-order valence-electron chi connectivity index (χ1n) is 7.63. The molecule has 0 amide bonds. The molecule has 1 aromatic heterocycles. The van der Waals surface area contributed by atoms with Gasteiger partial charge in [0.1, 0.15) is 5.41 Å². The number of hydrogen-bond acceptors (Lipinski definition) is 4. The van der Waals surface area contributed by atoms with Gasteiger partial charge in [-0.15, -0.1) is 0 Å². The molecule has 2 aliphatic rings. The van der Waals surface area contributed by atoms with Crippen LogP contribution in [0.4, 0.5) is 0 Å². The van der Waals surface area contributed by atoms with Gasteiger partial charge in [-0.25, -0.2) is 0 Å². The van der Waals surface area contributed by atoms with Gasteiger partial charge in [-0.2, -0.15) is 0 Å². The molecule has 3 rings (SSSR count). The fraction of sp³-hybridized carbons (Fsp3) is 0.625. The van der Waals surface area contributed by atoms with Crippen LogP contribution in [0.1, 0.15) is 31.2 Å². The number of likely N-dealkylation sites (tertiary alicyclic amines) is 1. The number of aliphatic hydroxyl groups excluding tert-OH is 1. The predicted octanol–water partition coefficient (Wildman–Crippen LogP) is 1.52. The van der Waals surface area contributed by atoms with E-state index in [2.05, 4.69) is 9.88 Å². The fourth-order valence-corrected chi connectivity index (χ4v) is 3.38. The van der Waals surface area contributed by atoms with Crippen molar-refractivity contribution in [3.05, 3.63) is 30.1 Å². The molecule has 5 nitrogen and oxygen atoms in total. The molecule has 1 aliphatic heterocycles. The Morgan fingerprint density at radius 3 is 2.67 bits per heavy atom. The smallest absolute Gasteiger partial charge is 0.313 e. The van der Waals surface area contributed by atoms with Crippen LogP contribution in [0.2, 0.25) is 0 Å². The summed E-state index contributed by atoms with van der Waals surface area (Å²) in [5.74, 6) is -0.363. The van der Waals surface area contributed by atoms with Crippen LogP contribution in [-0.4, -0.2) is 45.3 Å². The zero-order valence-electron chi connectivity index (χ0n) is 12.1. The van der Waals surface area contributed by atoms with Crippen LogP contribution < -0.4 is 0 Å². The van der Waals surface area contributed by atoms with Crippen LogP contribution in [0.25, 0.3) is 0 Å². The first kappa shape index (κ1) is 14.5. The molecule has 1 aliphatic carbocycles. The minimum Gasteiger partial charge on any atom is -0.481 e. The third kappa shape index (κ3) is 3.09. The molecule has 0 bridgehead atoms. The summed E-state index contributed by atoms with van der Waals surface area (Å²) in [7, 11) is 0. The van der Waals surface area contributed by atoms with Crippen LogP contribution in [0.3, 0.4) is 0 Å². The summed E-state index contributed by atoms with van der Waals surface area (Å²) in [4.78, 5) is 18.0. The van der Waals surface area contributed by atoms with Gasteiger partial charge in [0, 0.05) is 32.0 Å². The normalized spacial score (nSPS) is 30.2. The largest absolute Gasteiger partial charge is 0.481 e. The van der Waals surface area contributed by atoms with Crippen molar-refractivity contribution in [2.24, 2.45) is 11.3 Å². The third-order valence-electron chi connectivity index (χ3n) is 4.79. The van der Waals surface area contributed by atoms with Gasteiger partial charge in [-0.1, -0.05) is 12.8 Å². The highest BCUT2D eigenvalue weighted by molar-refractivity contribution is 5.76. The average molecular weight is 290 g/mol. The molecule has 1 saturated carbocycles. The number of pyridine rings is 1. The second kappa shape index (κ2) is 5.73. The number of carbonyl (C=O) groups is 1. The van der Waals surface area contributed by atoms with Crippen molar-refractivity contribution in [2.45, 2.75) is 38.3 Å². The highest BCUT2D eigenvalue weighted by Gasteiger charge is 2.51. The Morgan fingerprint density at radius 2 is 2.05 bits per heavy atom. The number of hydrogen-bond donors (Lipinski definition) is 2. The molecular formula is C16H22N2O3. The Labute approximate surface area is 124 Å². The Kier molecular flexibility index (Phi) is 3.95. The van der Waals surface area contributed by atoms with E-state index in [1.54, 1.807) is 12.4 Å². The van der Waals surface area contributed by atoms with Crippen molar-refractivity contribution in [1.29, 1.82) is 0 Å². The molecule has 0 unspecified atom stereocenters. The van der Waals surface area contributed by atoms with Crippen molar-refractivity contribution in [2.75, 3.05) is 13.1 Å². The third-order valence-corrected chi connectivity index (χ3v) is 4.79. The maximum Gasteiger partial charge on any atom is 0.313 e. The standard InChI is InChI=1S/C16H22N2O3/c19-14-5-8-18(10-13-3-6-17-7-4-13)11-16(14,15(20)21)9-12-1-2-12/h3-4,6-7,12,14,19H,1-2,5,8-11H2,(H,20,21)/t14-,16+/m0/s1. The van der Waals surface area contributed by atoms with Crippen molar-refractivity contribution in [3.8, 4) is 0 Å². The zero-order valence-corrected chi connectivity index (χ0v) is 12.1. The van der Waals surface area contributed by atoms with Gasteiger partial charge in [0.05, 0.1) is 6.10 Å². The Balaban J connectivity index is 1.74. The monoisotopic (exact) mass is 290 g/mol. The number of aromatic nitrogens is 1. The number of carboxylic acid groups (broad SMARTS) is 1. The molecule has 0 aromatic carbocycles. The van der Waals surface area contributed by atoms with Crippen molar-refractivity contribution in [1.82, 2.24) is 9.88 Å². The Morgan fingerprint density at radius 1 is 1.33 bits per heavy atom. The minimum absolute atomic E-state index is 0.433. The summed E-state index contributed by atoms with van der Waals surface area (Å²) < 4.78 is 0. The number of nitrogens with zero attached hydrogens (tertiary/aromatic N) is 2. The van der Waals surface area contributed by atoms with Crippen LogP contribution in [0.15, 0.2) is 24.5 Å². The van der Waals surface area contributed by atoms with E-state index in [4.69, 9.17) is 0 Å². The van der Waals surface area contributed by atoms with Crippen LogP contribution in [0, 0.1) is 11.3 Å². The van der Waals surface area contributed by atoms with Gasteiger partial charge in [0.15, 0.2) is 0 Å². The predicted molar refractivity (Wildman–Crippen MR) is 77.5 cm³/mol. The molecule has 2 N–H and O–H groups in total. The molecular weight excluding hydrogens is 268 g/mol. The van der Waals surface area contributed by atoms with Crippen molar-refractivity contribution in [3.63, 3.8) is 0 Å². The first-order valence-corrected chi connectivity index (χ1v) is 7.63. The number of carboxylic acids is 1. The van der Waals surface area contributed by atoms with Gasteiger partial charge in [-0.05, 0) is 36.5 Å². The molecule has 1 aromatic rings. The van der Waals surface area contributed by atoms with Crippen LogP contribution >= 0.6 is 0 Å². The van der Waals surface area contributed by atoms with Gasteiger partial charge < -0.3 is 10.2 Å². The van der Waals surface area contributed by atoms with E-state index < -0.39 is 17.5 Å². The lowest BCUT2D eigenvalue weighted by molar-refractivity contribution is -0.165. The Hall–Kier alpha value is -1.46. The summed E-state index contributed by atoms with van der Waals surface area (Å²) in [5.41, 5.74) is 0.138. The topological polar surface area (TPSA) is 73.7 Å². The second-order valence-electron chi connectivity index (χ2n) is 6.48. The molecule has 2 fully saturated rings. The number of piperidine rings is 1. The lowest BCUT2D eigenvalue weighted by Gasteiger charge is -2.43. The summed E-state index contributed by atoms with van der Waals surface area (Å²) in [6.07, 6.45) is 6.12. The number of aliphatic carboxylic acids is 1. The molecule has 0 radical (unpaired) electrons. The maximum absolute atomic E-state index is 11.9. The van der Waals surface area contributed by atoms with Crippen LogP contribution in [-0.2, 0) is 11.3 Å². The van der Waals surface area contributed by atoms with Gasteiger partial charge in [0.2, 0.25) is 0 Å². The van der Waals surface area contributed by atoms with E-state index in [-0.39, 0.29) is 0 Å². The van der Waals surface area contributed by atoms with E-state index in [1.807, 2.05) is 12.1 Å². The molecule has 2 heterocycles. The molecule has 21 heavy (non-hydrogen) atoms. The quantitative estimate of drug-likeness (QED) is 0.860. The minimum atomic E-state index is -0.994. The van der Waals surface area contributed by atoms with Gasteiger partial charge in [-0.3, -0.25) is 14.7 Å². The number of rotatable bonds is 5. The highest BCUT2D eigenvalue weighted by atomic mass is 16.4. The van der Waals surface area contributed by atoms with E-state index in [1.165, 1.54) is 0 Å². The Bertz CT molecular complexity index is 504. The van der Waals surface area contributed by atoms with Crippen molar-refractivity contribution >= 4 is 5.97 Å². The molecule has 2 atom stereocenters. The van der Waals surface area contributed by atoms with Gasteiger partial charge >= 0.3 is 5.97 Å². The lowest BCUT2D eigenvalue weighted by atomic mass is 9.73. The number of aliphatic hydroxyl groups is 1. The van der Waals surface area contributed by atoms with E-state index in [0.29, 0.717) is 25.3 Å². The van der Waals surface area contributed by atoms with Gasteiger partial charge in [0.25, 0.3) is 0 Å². The SMILES string of the molecule is O=C(O)[C@]1(CC2CC2)CN(Cc2ccncc2)CC[C@@H]1O. The summed E-state index contributed by atoms with van der Waals surface area (Å²) >= 11 is 0. The maximum atomic E-state index is 11.9. The molecule has 114 valence electrons. The lowest BCUT2D eigenvalue weighted by Crippen LogP contribution is -2.55. The van der Waals surface area contributed by atoms with E-state index in [0.717, 1.165) is 31.5 Å². The summed E-state index contributed by atoms with van der Waals surface area (Å²) in [6.45, 7) is 1.89. The van der Waals surface area contributed by atoms with E-state index in [9.17, 15) is 15.0 Å². The van der Waals surface area contributed by atoms with Crippen molar-refractivity contribution < 1.29 is 15.0 Å². The fourth-order valence-electron chi connectivity index (χ4n) is 3.38. The zero-order chi connectivity index (χ0) is 14.9. The first-order chi connectivity index (χ1) is 10.1. The highest BCUT2D eigenvalue weighted by Crippen LogP contribution is 2.45. The molecule has 5 heteroatoms. The molecule has 0 spiro atoms. The summed E-state index contributed by atoms with van der Waals surface area (Å²) in [6, 6.07) is 3.91. The van der Waals surface area contributed by atoms with Crippen LogP contribution in [0.5, 0.6) is 0 Å². The average Bonchev–Trinajstić information content (AvgIpc) is 3.27. The second-order valence-corrected chi connectivity index (χ2v) is 6.48. The van der Waals surface area contributed by atoms with E-state index >= 15 is 0 Å². The summed E-state index contributed by atoms with van der Waals surface area (Å²) in [5, 5.41) is 20.1.